The molecule has 0 amide bonds. The zero-order valence-electron chi connectivity index (χ0n) is 14.8. The molecule has 2 aromatic heterocycles. The molecular weight excluding hydrogens is 315 g/mol. The van der Waals surface area contributed by atoms with Gasteiger partial charge in [0.25, 0.3) is 0 Å². The average Bonchev–Trinajstić information content (AvgIpc) is 3.14. The Morgan fingerprint density at radius 1 is 1.28 bits per heavy atom. The molecule has 0 spiro atoms. The van der Waals surface area contributed by atoms with Gasteiger partial charge in [0.2, 0.25) is 0 Å². The van der Waals surface area contributed by atoms with Crippen LogP contribution in [0.4, 0.5) is 4.39 Å². The summed E-state index contributed by atoms with van der Waals surface area (Å²) in [5.41, 5.74) is 11.3. The molecule has 0 aliphatic heterocycles. The van der Waals surface area contributed by atoms with Gasteiger partial charge in [-0.3, -0.25) is 9.49 Å². The summed E-state index contributed by atoms with van der Waals surface area (Å²) in [4.78, 5) is 4.32. The van der Waals surface area contributed by atoms with Crippen molar-refractivity contribution in [2.75, 3.05) is 13.2 Å². The number of aryl methyl sites for hydroxylation is 1. The highest BCUT2D eigenvalue weighted by molar-refractivity contribution is 5.92. The Bertz CT molecular complexity index is 852. The summed E-state index contributed by atoms with van der Waals surface area (Å²) in [6, 6.07) is 8.54. The van der Waals surface area contributed by atoms with Gasteiger partial charge in [0, 0.05) is 23.5 Å². The maximum absolute atomic E-state index is 12.7. The Morgan fingerprint density at radius 3 is 2.84 bits per heavy atom. The van der Waals surface area contributed by atoms with Crippen LogP contribution in [0.2, 0.25) is 0 Å². The summed E-state index contributed by atoms with van der Waals surface area (Å²) in [5.74, 6) is 0. The van der Waals surface area contributed by atoms with E-state index in [1.165, 1.54) is 5.56 Å². The Labute approximate surface area is 147 Å². The highest BCUT2D eigenvalue weighted by Gasteiger charge is 2.24. The largest absolute Gasteiger partial charge is 0.330 e. The van der Waals surface area contributed by atoms with Gasteiger partial charge >= 0.3 is 0 Å². The Kier molecular flexibility index (Phi) is 5.13. The maximum Gasteiger partial charge on any atom is 0.155 e. The highest BCUT2D eigenvalue weighted by Crippen LogP contribution is 2.34. The van der Waals surface area contributed by atoms with Crippen LogP contribution in [-0.4, -0.2) is 28.4 Å². The second-order valence-corrected chi connectivity index (χ2v) is 6.82. The van der Waals surface area contributed by atoms with Crippen molar-refractivity contribution in [1.82, 2.24) is 15.2 Å². The van der Waals surface area contributed by atoms with E-state index in [0.717, 1.165) is 40.6 Å². The van der Waals surface area contributed by atoms with Gasteiger partial charge in [0.1, 0.15) is 0 Å². The van der Waals surface area contributed by atoms with Crippen LogP contribution < -0.4 is 5.73 Å². The molecule has 0 saturated carbocycles. The third-order valence-corrected chi connectivity index (χ3v) is 5.18. The van der Waals surface area contributed by atoms with Crippen LogP contribution in [0.3, 0.4) is 0 Å². The number of hydrogen-bond donors (Lipinski definition) is 2. The van der Waals surface area contributed by atoms with E-state index in [-0.39, 0.29) is 12.1 Å². The maximum atomic E-state index is 12.7. The fraction of sp³-hybridized carbons (Fsp3) is 0.400. The summed E-state index contributed by atoms with van der Waals surface area (Å²) < 4.78 is 12.7. The van der Waals surface area contributed by atoms with Crippen LogP contribution in [0.1, 0.15) is 37.8 Å². The summed E-state index contributed by atoms with van der Waals surface area (Å²) in [6.45, 7) is 4.61. The molecule has 1 atom stereocenters. The molecule has 0 bridgehead atoms. The first-order valence-electron chi connectivity index (χ1n) is 8.80. The molecule has 0 aliphatic carbocycles. The van der Waals surface area contributed by atoms with Crippen molar-refractivity contribution in [1.29, 1.82) is 0 Å². The van der Waals surface area contributed by atoms with Crippen LogP contribution in [0.5, 0.6) is 0 Å². The first-order valence-corrected chi connectivity index (χ1v) is 8.80. The second kappa shape index (κ2) is 7.31. The van der Waals surface area contributed by atoms with Crippen molar-refractivity contribution < 1.29 is 4.39 Å². The number of nitrogens with two attached hydrogens (primary N) is 1. The molecule has 0 fully saturated rings. The zero-order valence-corrected chi connectivity index (χ0v) is 14.8. The molecule has 3 aromatic rings. The van der Waals surface area contributed by atoms with Crippen molar-refractivity contribution in [2.45, 2.75) is 38.5 Å². The van der Waals surface area contributed by atoms with E-state index in [2.05, 4.69) is 47.2 Å². The normalized spacial score (nSPS) is 13.9. The Morgan fingerprint density at radius 2 is 2.12 bits per heavy atom. The molecule has 1 aromatic carbocycles. The van der Waals surface area contributed by atoms with E-state index < -0.39 is 0 Å². The minimum absolute atomic E-state index is 0.0942. The number of nitrogens with zero attached hydrogens (tertiary/aromatic N) is 2. The first-order chi connectivity index (χ1) is 12.1. The number of fused-ring (bicyclic) bond motifs is 1. The van der Waals surface area contributed by atoms with Crippen LogP contribution in [0.25, 0.3) is 22.2 Å². The predicted octanol–water partition coefficient (Wildman–Crippen LogP) is 4.15. The number of halogens is 1. The van der Waals surface area contributed by atoms with E-state index in [0.29, 0.717) is 13.0 Å². The van der Waals surface area contributed by atoms with Crippen LogP contribution in [0, 0.1) is 0 Å². The van der Waals surface area contributed by atoms with Crippen molar-refractivity contribution in [3.05, 3.63) is 47.8 Å². The summed E-state index contributed by atoms with van der Waals surface area (Å²) >= 11 is 0. The van der Waals surface area contributed by atoms with Gasteiger partial charge in [-0.05, 0) is 47.6 Å². The lowest BCUT2D eigenvalue weighted by atomic mass is 9.78. The second-order valence-electron chi connectivity index (χ2n) is 6.82. The molecule has 1 unspecified atom stereocenters. The fourth-order valence-electron chi connectivity index (χ4n) is 3.18. The Balaban J connectivity index is 2.16. The van der Waals surface area contributed by atoms with E-state index in [1.807, 2.05) is 6.07 Å². The standard InChI is InChI=1S/C20H25FN4/c1-3-20(2,13-22)16-10-14(5-4-7-21)9-15(11-16)17-6-8-23-19-18(17)12-24-25-19/h6,8-12H,3-5,7,13,22H2,1-2H3,(H,23,24,25). The third kappa shape index (κ3) is 3.42. The van der Waals surface area contributed by atoms with E-state index >= 15 is 0 Å². The first kappa shape index (κ1) is 17.5. The van der Waals surface area contributed by atoms with E-state index in [1.54, 1.807) is 12.4 Å². The molecule has 0 aliphatic rings. The lowest BCUT2D eigenvalue weighted by Gasteiger charge is -2.28. The van der Waals surface area contributed by atoms with Gasteiger partial charge in [-0.2, -0.15) is 5.10 Å². The summed E-state index contributed by atoms with van der Waals surface area (Å²) in [7, 11) is 0. The fourth-order valence-corrected chi connectivity index (χ4v) is 3.18. The van der Waals surface area contributed by atoms with E-state index in [4.69, 9.17) is 5.73 Å². The van der Waals surface area contributed by atoms with Gasteiger partial charge in [0.15, 0.2) is 5.65 Å². The number of benzene rings is 1. The molecular formula is C20H25FN4. The number of hydrogen-bond acceptors (Lipinski definition) is 3. The van der Waals surface area contributed by atoms with Gasteiger partial charge in [-0.15, -0.1) is 0 Å². The van der Waals surface area contributed by atoms with Gasteiger partial charge in [-0.1, -0.05) is 32.0 Å². The molecule has 0 radical (unpaired) electrons. The molecule has 3 N–H and O–H groups in total. The quantitative estimate of drug-likeness (QED) is 0.679. The number of alkyl halides is 1. The summed E-state index contributed by atoms with van der Waals surface area (Å²) in [5, 5.41) is 8.01. The Hall–Kier alpha value is -2.27. The smallest absolute Gasteiger partial charge is 0.155 e. The number of aromatic nitrogens is 3. The molecule has 25 heavy (non-hydrogen) atoms. The molecule has 3 rings (SSSR count). The predicted molar refractivity (Wildman–Crippen MR) is 100 cm³/mol. The molecule has 2 heterocycles. The monoisotopic (exact) mass is 340 g/mol. The summed E-state index contributed by atoms with van der Waals surface area (Å²) in [6.07, 6.45) is 5.79. The zero-order chi connectivity index (χ0) is 17.9. The SMILES string of the molecule is CCC(C)(CN)c1cc(CCCF)cc(-c2ccnc3[nH]ncc23)c1. The number of pyridine rings is 1. The highest BCUT2D eigenvalue weighted by atomic mass is 19.1. The van der Waals surface area contributed by atoms with Gasteiger partial charge < -0.3 is 5.73 Å². The number of aromatic amines is 1. The lowest BCUT2D eigenvalue weighted by Crippen LogP contribution is -2.31. The van der Waals surface area contributed by atoms with Crippen molar-refractivity contribution >= 4 is 11.0 Å². The van der Waals surface area contributed by atoms with Crippen LogP contribution in [0.15, 0.2) is 36.7 Å². The van der Waals surface area contributed by atoms with Gasteiger partial charge in [0.05, 0.1) is 12.9 Å². The minimum atomic E-state index is -0.303. The van der Waals surface area contributed by atoms with Crippen molar-refractivity contribution in [3.63, 3.8) is 0 Å². The lowest BCUT2D eigenvalue weighted by molar-refractivity contribution is 0.464. The van der Waals surface area contributed by atoms with Crippen molar-refractivity contribution in [3.8, 4) is 11.1 Å². The number of rotatable bonds is 7. The molecule has 0 saturated heterocycles. The topological polar surface area (TPSA) is 67.6 Å². The molecule has 5 heteroatoms. The average molecular weight is 340 g/mol. The third-order valence-electron chi connectivity index (χ3n) is 5.18. The van der Waals surface area contributed by atoms with Crippen molar-refractivity contribution in [2.24, 2.45) is 5.73 Å². The number of H-pyrrole nitrogens is 1. The van der Waals surface area contributed by atoms with Gasteiger partial charge in [-0.25, -0.2) is 4.98 Å². The number of nitrogens with one attached hydrogen (secondary N) is 1. The van der Waals surface area contributed by atoms with Crippen LogP contribution >= 0.6 is 0 Å². The van der Waals surface area contributed by atoms with E-state index in [9.17, 15) is 4.39 Å². The molecule has 132 valence electrons. The van der Waals surface area contributed by atoms with Crippen LogP contribution in [-0.2, 0) is 11.8 Å². The molecule has 4 nitrogen and oxygen atoms in total. The minimum Gasteiger partial charge on any atom is -0.330 e.